The van der Waals surface area contributed by atoms with E-state index in [1.807, 2.05) is 24.3 Å². The molecule has 0 radical (unpaired) electrons. The third-order valence-electron chi connectivity index (χ3n) is 1.99. The molecule has 14 heavy (non-hydrogen) atoms. The summed E-state index contributed by atoms with van der Waals surface area (Å²) < 4.78 is 10.9. The zero-order chi connectivity index (χ0) is 10.6. The van der Waals surface area contributed by atoms with E-state index >= 15 is 0 Å². The summed E-state index contributed by atoms with van der Waals surface area (Å²) in [5, 5.41) is 9.63. The highest BCUT2D eigenvalue weighted by Crippen LogP contribution is 2.14. The normalized spacial score (nSPS) is 15.1. The summed E-state index contributed by atoms with van der Waals surface area (Å²) in [5.74, 6) is 0.280. The Kier molecular flexibility index (Phi) is 4.25. The van der Waals surface area contributed by atoms with Crippen LogP contribution in [0.25, 0.3) is 0 Å². The largest absolute Gasteiger partial charge is 0.387 e. The van der Waals surface area contributed by atoms with Crippen LogP contribution in [0.2, 0.25) is 0 Å². The first kappa shape index (κ1) is 11.4. The lowest BCUT2D eigenvalue weighted by molar-refractivity contribution is 0.203. The van der Waals surface area contributed by atoms with Crippen molar-refractivity contribution >= 4 is 10.8 Å². The Hall–Kier alpha value is -0.710. The number of aliphatic hydroxyl groups is 1. The lowest BCUT2D eigenvalue weighted by Gasteiger charge is -2.09. The summed E-state index contributed by atoms with van der Waals surface area (Å²) in [5.41, 5.74) is 7.26. The van der Waals surface area contributed by atoms with Crippen molar-refractivity contribution in [3.63, 3.8) is 0 Å². The van der Waals surface area contributed by atoms with Gasteiger partial charge in [0, 0.05) is 23.6 Å². The fraction of sp³-hybridized carbons (Fsp3) is 0.400. The van der Waals surface area contributed by atoms with Crippen molar-refractivity contribution in [1.82, 2.24) is 0 Å². The molecule has 0 heterocycles. The van der Waals surface area contributed by atoms with Gasteiger partial charge in [-0.25, -0.2) is 0 Å². The van der Waals surface area contributed by atoms with Crippen LogP contribution in [-0.4, -0.2) is 21.3 Å². The summed E-state index contributed by atoms with van der Waals surface area (Å²) in [4.78, 5) is 0. The Morgan fingerprint density at radius 1 is 1.43 bits per heavy atom. The minimum absolute atomic E-state index is 0.280. The number of aliphatic hydroxyl groups excluding tert-OH is 1. The van der Waals surface area contributed by atoms with Crippen LogP contribution in [0.15, 0.2) is 24.3 Å². The minimum Gasteiger partial charge on any atom is -0.387 e. The van der Waals surface area contributed by atoms with Gasteiger partial charge in [-0.2, -0.15) is 0 Å². The second kappa shape index (κ2) is 5.24. The van der Waals surface area contributed by atoms with E-state index in [-0.39, 0.29) is 5.75 Å². The van der Waals surface area contributed by atoms with E-state index in [1.165, 1.54) is 0 Å². The maximum absolute atomic E-state index is 10.9. The topological polar surface area (TPSA) is 63.3 Å². The first-order valence-corrected chi connectivity index (χ1v) is 6.13. The van der Waals surface area contributed by atoms with E-state index in [4.69, 9.17) is 5.73 Å². The molecule has 0 amide bonds. The third kappa shape index (κ3) is 3.21. The van der Waals surface area contributed by atoms with Crippen LogP contribution in [-0.2, 0) is 17.3 Å². The Balaban J connectivity index is 2.71. The van der Waals surface area contributed by atoms with Crippen LogP contribution in [0.5, 0.6) is 0 Å². The fourth-order valence-electron chi connectivity index (χ4n) is 1.19. The lowest BCUT2D eigenvalue weighted by Crippen LogP contribution is -2.08. The molecule has 4 heteroatoms. The van der Waals surface area contributed by atoms with Gasteiger partial charge in [0.1, 0.15) is 0 Å². The van der Waals surface area contributed by atoms with Crippen molar-refractivity contribution in [1.29, 1.82) is 0 Å². The van der Waals surface area contributed by atoms with Crippen molar-refractivity contribution in [3.05, 3.63) is 35.4 Å². The molecule has 0 aromatic heterocycles. The molecule has 2 unspecified atom stereocenters. The number of hydrogen-bond donors (Lipinski definition) is 2. The number of nitrogens with two attached hydrogens (primary N) is 1. The summed E-state index contributed by atoms with van der Waals surface area (Å²) >= 11 is 0. The second-order valence-electron chi connectivity index (χ2n) is 3.20. The van der Waals surface area contributed by atoms with Gasteiger partial charge < -0.3 is 10.8 Å². The van der Waals surface area contributed by atoms with Crippen LogP contribution in [0.3, 0.4) is 0 Å². The van der Waals surface area contributed by atoms with Gasteiger partial charge in [-0.05, 0) is 11.1 Å². The molecule has 0 fully saturated rings. The predicted molar refractivity (Wildman–Crippen MR) is 58.2 cm³/mol. The molecule has 78 valence electrons. The molecule has 0 bridgehead atoms. The van der Waals surface area contributed by atoms with Gasteiger partial charge in [-0.3, -0.25) is 4.21 Å². The van der Waals surface area contributed by atoms with E-state index < -0.39 is 16.9 Å². The van der Waals surface area contributed by atoms with Crippen LogP contribution < -0.4 is 5.73 Å². The average Bonchev–Trinajstić information content (AvgIpc) is 2.17. The molecule has 2 atom stereocenters. The van der Waals surface area contributed by atoms with Gasteiger partial charge in [0.15, 0.2) is 0 Å². The van der Waals surface area contributed by atoms with Gasteiger partial charge in [0.05, 0.1) is 11.9 Å². The van der Waals surface area contributed by atoms with Crippen molar-refractivity contribution < 1.29 is 9.32 Å². The molecule has 3 nitrogen and oxygen atoms in total. The van der Waals surface area contributed by atoms with Crippen LogP contribution >= 0.6 is 0 Å². The summed E-state index contributed by atoms with van der Waals surface area (Å²) in [6.45, 7) is 0.496. The van der Waals surface area contributed by atoms with E-state index in [1.54, 1.807) is 6.26 Å². The Bertz CT molecular complexity index is 310. The maximum atomic E-state index is 10.9. The Morgan fingerprint density at radius 2 is 2.00 bits per heavy atom. The van der Waals surface area contributed by atoms with Crippen molar-refractivity contribution in [3.8, 4) is 0 Å². The highest BCUT2D eigenvalue weighted by atomic mass is 32.2. The summed E-state index contributed by atoms with van der Waals surface area (Å²) in [7, 11) is -0.978. The van der Waals surface area contributed by atoms with E-state index in [2.05, 4.69) is 0 Å². The van der Waals surface area contributed by atoms with E-state index in [0.717, 1.165) is 11.1 Å². The molecule has 0 saturated carbocycles. The lowest BCUT2D eigenvalue weighted by atomic mass is 10.1. The molecular weight excluding hydrogens is 198 g/mol. The minimum atomic E-state index is -0.978. The van der Waals surface area contributed by atoms with Gasteiger partial charge in [-0.15, -0.1) is 0 Å². The fourth-order valence-corrected chi connectivity index (χ4v) is 1.83. The van der Waals surface area contributed by atoms with Crippen molar-refractivity contribution in [2.75, 3.05) is 12.0 Å². The molecular formula is C10H15NO2S. The van der Waals surface area contributed by atoms with Gasteiger partial charge >= 0.3 is 0 Å². The van der Waals surface area contributed by atoms with Crippen molar-refractivity contribution in [2.24, 2.45) is 5.73 Å². The van der Waals surface area contributed by atoms with Crippen molar-refractivity contribution in [2.45, 2.75) is 12.6 Å². The highest BCUT2D eigenvalue weighted by Gasteiger charge is 2.08. The molecule has 0 aliphatic heterocycles. The van der Waals surface area contributed by atoms with Crippen LogP contribution in [0, 0.1) is 0 Å². The van der Waals surface area contributed by atoms with Crippen LogP contribution in [0.1, 0.15) is 17.2 Å². The SMILES string of the molecule is CS(=O)CC(O)c1ccc(CN)cc1. The second-order valence-corrected chi connectivity index (χ2v) is 4.68. The molecule has 0 saturated heterocycles. The highest BCUT2D eigenvalue weighted by molar-refractivity contribution is 7.84. The number of rotatable bonds is 4. The molecule has 3 N–H and O–H groups in total. The summed E-state index contributed by atoms with van der Waals surface area (Å²) in [6, 6.07) is 7.38. The van der Waals surface area contributed by atoms with Gasteiger partial charge in [0.2, 0.25) is 0 Å². The average molecular weight is 213 g/mol. The van der Waals surface area contributed by atoms with E-state index in [9.17, 15) is 9.32 Å². The van der Waals surface area contributed by atoms with Gasteiger partial charge in [-0.1, -0.05) is 24.3 Å². The van der Waals surface area contributed by atoms with E-state index in [0.29, 0.717) is 6.54 Å². The maximum Gasteiger partial charge on any atom is 0.0905 e. The zero-order valence-corrected chi connectivity index (χ0v) is 8.96. The number of hydrogen-bond acceptors (Lipinski definition) is 3. The molecule has 1 aromatic carbocycles. The van der Waals surface area contributed by atoms with Gasteiger partial charge in [0.25, 0.3) is 0 Å². The predicted octanol–water partition coefficient (Wildman–Crippen LogP) is 0.557. The first-order valence-electron chi connectivity index (χ1n) is 4.40. The zero-order valence-electron chi connectivity index (χ0n) is 8.14. The Labute approximate surface area is 86.4 Å². The number of benzene rings is 1. The first-order chi connectivity index (χ1) is 6.63. The van der Waals surface area contributed by atoms with Crippen LogP contribution in [0.4, 0.5) is 0 Å². The smallest absolute Gasteiger partial charge is 0.0905 e. The molecule has 0 aliphatic carbocycles. The summed E-state index contributed by atoms with van der Waals surface area (Å²) in [6.07, 6.45) is 0.935. The third-order valence-corrected chi connectivity index (χ3v) is 2.78. The molecule has 1 rings (SSSR count). The Morgan fingerprint density at radius 3 is 2.43 bits per heavy atom. The molecule has 1 aromatic rings. The monoisotopic (exact) mass is 213 g/mol. The quantitative estimate of drug-likeness (QED) is 0.768. The molecule has 0 aliphatic rings. The molecule has 0 spiro atoms. The standard InChI is InChI=1S/C10H15NO2S/c1-14(13)7-10(12)9-4-2-8(6-11)3-5-9/h2-5,10,12H,6-7,11H2,1H3.